The van der Waals surface area contributed by atoms with Crippen molar-refractivity contribution in [3.63, 3.8) is 0 Å². The molecule has 0 saturated carbocycles. The van der Waals surface area contributed by atoms with E-state index in [0.29, 0.717) is 22.9 Å². The minimum absolute atomic E-state index is 0.108. The molecule has 0 bridgehead atoms. The van der Waals surface area contributed by atoms with E-state index in [9.17, 15) is 9.59 Å². The standard InChI is InChI=1S/C25H27ClN2O2/c1-16-10-12-27(13-11-16)24(29)15-21-18(3)28(23-9-4-17(2)14-22(21)23)25(30)19-5-7-20(26)8-6-19/h4-9,14,16H,10-13,15H2,1-3H3. The smallest absolute Gasteiger partial charge is 0.262 e. The minimum Gasteiger partial charge on any atom is -0.342 e. The Morgan fingerprint density at radius 2 is 1.70 bits per heavy atom. The summed E-state index contributed by atoms with van der Waals surface area (Å²) in [5, 5.41) is 1.58. The SMILES string of the molecule is Cc1ccc2c(c1)c(CC(=O)N1CCC(C)CC1)c(C)n2C(=O)c1ccc(Cl)cc1. The highest BCUT2D eigenvalue weighted by molar-refractivity contribution is 6.30. The Hall–Kier alpha value is -2.59. The van der Waals surface area contributed by atoms with Crippen LogP contribution in [0.1, 0.15) is 46.9 Å². The Morgan fingerprint density at radius 1 is 1.03 bits per heavy atom. The molecule has 5 heteroatoms. The van der Waals surface area contributed by atoms with Crippen molar-refractivity contribution < 1.29 is 9.59 Å². The summed E-state index contributed by atoms with van der Waals surface area (Å²) < 4.78 is 1.74. The van der Waals surface area contributed by atoms with Gasteiger partial charge < -0.3 is 4.90 Å². The molecule has 4 rings (SSSR count). The van der Waals surface area contributed by atoms with E-state index in [-0.39, 0.29) is 11.8 Å². The van der Waals surface area contributed by atoms with Crippen molar-refractivity contribution in [3.8, 4) is 0 Å². The van der Waals surface area contributed by atoms with Crippen LogP contribution in [0.15, 0.2) is 42.5 Å². The van der Waals surface area contributed by atoms with Gasteiger partial charge in [0.1, 0.15) is 0 Å². The lowest BCUT2D eigenvalue weighted by Gasteiger charge is -2.30. The van der Waals surface area contributed by atoms with Gasteiger partial charge in [-0.15, -0.1) is 0 Å². The van der Waals surface area contributed by atoms with Gasteiger partial charge in [-0.2, -0.15) is 0 Å². The van der Waals surface area contributed by atoms with Crippen molar-refractivity contribution in [1.29, 1.82) is 0 Å². The highest BCUT2D eigenvalue weighted by Crippen LogP contribution is 2.29. The van der Waals surface area contributed by atoms with E-state index in [2.05, 4.69) is 13.0 Å². The average Bonchev–Trinajstić information content (AvgIpc) is 2.99. The van der Waals surface area contributed by atoms with Crippen LogP contribution in [0.25, 0.3) is 10.9 Å². The number of hydrogen-bond donors (Lipinski definition) is 0. The lowest BCUT2D eigenvalue weighted by molar-refractivity contribution is -0.131. The number of fused-ring (bicyclic) bond motifs is 1. The van der Waals surface area contributed by atoms with E-state index in [0.717, 1.165) is 53.7 Å². The maximum absolute atomic E-state index is 13.3. The Kier molecular flexibility index (Phi) is 5.70. The minimum atomic E-state index is -0.108. The Bertz CT molecular complexity index is 1110. The maximum Gasteiger partial charge on any atom is 0.262 e. The summed E-state index contributed by atoms with van der Waals surface area (Å²) >= 11 is 5.99. The van der Waals surface area contributed by atoms with Crippen LogP contribution in [-0.4, -0.2) is 34.4 Å². The van der Waals surface area contributed by atoms with Crippen molar-refractivity contribution in [1.82, 2.24) is 9.47 Å². The largest absolute Gasteiger partial charge is 0.342 e. The first-order chi connectivity index (χ1) is 14.3. The monoisotopic (exact) mass is 422 g/mol. The predicted octanol–water partition coefficient (Wildman–Crippen LogP) is 5.40. The number of halogens is 1. The molecule has 1 aromatic heterocycles. The van der Waals surface area contributed by atoms with Crippen LogP contribution in [0, 0.1) is 19.8 Å². The quantitative estimate of drug-likeness (QED) is 0.567. The fourth-order valence-electron chi connectivity index (χ4n) is 4.32. The summed E-state index contributed by atoms with van der Waals surface area (Å²) in [7, 11) is 0. The number of likely N-dealkylation sites (tertiary alicyclic amines) is 1. The van der Waals surface area contributed by atoms with Crippen LogP contribution >= 0.6 is 11.6 Å². The Balaban J connectivity index is 1.74. The molecule has 3 aromatic rings. The summed E-state index contributed by atoms with van der Waals surface area (Å²) in [5.74, 6) is 0.713. The molecule has 0 unspecified atom stereocenters. The van der Waals surface area contributed by atoms with Crippen molar-refractivity contribution in [3.05, 3.63) is 69.9 Å². The molecule has 0 N–H and O–H groups in total. The van der Waals surface area contributed by atoms with Gasteiger partial charge in [-0.1, -0.05) is 30.2 Å². The lowest BCUT2D eigenvalue weighted by Crippen LogP contribution is -2.38. The molecule has 2 aromatic carbocycles. The number of hydrogen-bond acceptors (Lipinski definition) is 2. The highest BCUT2D eigenvalue weighted by atomic mass is 35.5. The fourth-order valence-corrected chi connectivity index (χ4v) is 4.45. The Morgan fingerprint density at radius 3 is 2.37 bits per heavy atom. The fraction of sp³-hybridized carbons (Fsp3) is 0.360. The third-order valence-electron chi connectivity index (χ3n) is 6.25. The summed E-state index contributed by atoms with van der Waals surface area (Å²) in [4.78, 5) is 28.4. The number of benzene rings is 2. The second-order valence-corrected chi connectivity index (χ2v) is 8.91. The molecular formula is C25H27ClN2O2. The molecule has 4 nitrogen and oxygen atoms in total. The molecule has 1 aliphatic heterocycles. The van der Waals surface area contributed by atoms with Crippen molar-refractivity contribution in [2.24, 2.45) is 5.92 Å². The molecule has 0 spiro atoms. The summed E-state index contributed by atoms with van der Waals surface area (Å²) in [6.07, 6.45) is 2.43. The predicted molar refractivity (Wildman–Crippen MR) is 121 cm³/mol. The van der Waals surface area contributed by atoms with Gasteiger partial charge >= 0.3 is 0 Å². The van der Waals surface area contributed by atoms with Gasteiger partial charge in [-0.25, -0.2) is 0 Å². The normalized spacial score (nSPS) is 15.0. The van der Waals surface area contributed by atoms with Gasteiger partial charge in [0.25, 0.3) is 5.91 Å². The third kappa shape index (κ3) is 3.89. The molecule has 1 amide bonds. The van der Waals surface area contributed by atoms with E-state index in [4.69, 9.17) is 11.6 Å². The van der Waals surface area contributed by atoms with Crippen LogP contribution < -0.4 is 0 Å². The van der Waals surface area contributed by atoms with Gasteiger partial charge in [0.15, 0.2) is 0 Å². The van der Waals surface area contributed by atoms with Gasteiger partial charge in [0.05, 0.1) is 11.9 Å². The van der Waals surface area contributed by atoms with Gasteiger partial charge in [-0.05, 0) is 74.6 Å². The van der Waals surface area contributed by atoms with E-state index in [1.165, 1.54) is 0 Å². The summed E-state index contributed by atoms with van der Waals surface area (Å²) in [6, 6.07) is 13.0. The summed E-state index contributed by atoms with van der Waals surface area (Å²) in [5.41, 5.74) is 4.30. The van der Waals surface area contributed by atoms with Crippen molar-refractivity contribution >= 4 is 34.3 Å². The zero-order valence-corrected chi connectivity index (χ0v) is 18.5. The molecule has 1 fully saturated rings. The van der Waals surface area contributed by atoms with Crippen LogP contribution in [0.4, 0.5) is 0 Å². The molecule has 1 aliphatic rings. The number of rotatable bonds is 3. The number of carbonyl (C=O) groups is 2. The van der Waals surface area contributed by atoms with Crippen LogP contribution in [-0.2, 0) is 11.2 Å². The lowest BCUT2D eigenvalue weighted by atomic mass is 9.98. The number of carbonyl (C=O) groups excluding carboxylic acids is 2. The molecule has 156 valence electrons. The van der Waals surface area contributed by atoms with Crippen LogP contribution in [0.5, 0.6) is 0 Å². The Labute approximate surface area is 182 Å². The molecular weight excluding hydrogens is 396 g/mol. The van der Waals surface area contributed by atoms with E-state index in [1.54, 1.807) is 28.8 Å². The van der Waals surface area contributed by atoms with Crippen LogP contribution in [0.2, 0.25) is 5.02 Å². The maximum atomic E-state index is 13.3. The number of aromatic nitrogens is 1. The van der Waals surface area contributed by atoms with E-state index >= 15 is 0 Å². The molecule has 30 heavy (non-hydrogen) atoms. The topological polar surface area (TPSA) is 42.3 Å². The third-order valence-corrected chi connectivity index (χ3v) is 6.50. The first-order valence-electron chi connectivity index (χ1n) is 10.5. The van der Waals surface area contributed by atoms with Crippen LogP contribution in [0.3, 0.4) is 0 Å². The van der Waals surface area contributed by atoms with E-state index < -0.39 is 0 Å². The average molecular weight is 423 g/mol. The van der Waals surface area contributed by atoms with Crippen molar-refractivity contribution in [2.75, 3.05) is 13.1 Å². The first kappa shape index (κ1) is 20.7. The number of aryl methyl sites for hydroxylation is 1. The zero-order chi connectivity index (χ0) is 21.4. The van der Waals surface area contributed by atoms with Gasteiger partial charge in [0.2, 0.25) is 5.91 Å². The number of nitrogens with zero attached hydrogens (tertiary/aromatic N) is 2. The molecule has 1 saturated heterocycles. The second-order valence-electron chi connectivity index (χ2n) is 8.47. The van der Waals surface area contributed by atoms with Gasteiger partial charge in [0, 0.05) is 34.8 Å². The second kappa shape index (κ2) is 8.27. The van der Waals surface area contributed by atoms with Crippen molar-refractivity contribution in [2.45, 2.75) is 40.0 Å². The number of amides is 1. The zero-order valence-electron chi connectivity index (χ0n) is 17.7. The van der Waals surface area contributed by atoms with E-state index in [1.807, 2.05) is 30.9 Å². The molecule has 0 aliphatic carbocycles. The molecule has 0 atom stereocenters. The highest BCUT2D eigenvalue weighted by Gasteiger charge is 2.25. The molecule has 0 radical (unpaired) electrons. The molecule has 2 heterocycles. The van der Waals surface area contributed by atoms with Gasteiger partial charge in [-0.3, -0.25) is 14.2 Å². The first-order valence-corrected chi connectivity index (χ1v) is 10.9. The summed E-state index contributed by atoms with van der Waals surface area (Å²) in [6.45, 7) is 7.85. The number of piperidine rings is 1.